The lowest BCUT2D eigenvalue weighted by atomic mass is 10.2. The fourth-order valence-electron chi connectivity index (χ4n) is 1.69. The molecule has 0 spiro atoms. The molecular weight excluding hydrogens is 347 g/mol. The number of halogens is 2. The first-order chi connectivity index (χ1) is 10.6. The first kappa shape index (κ1) is 15.0. The molecule has 8 heteroatoms. The molecule has 0 atom stereocenters. The average molecular weight is 355 g/mol. The molecule has 3 aromatic rings. The van der Waals surface area contributed by atoms with Gasteiger partial charge in [0.2, 0.25) is 5.82 Å². The largest absolute Gasteiger partial charge is 0.451 e. The number of ether oxygens (including phenoxy) is 1. The highest BCUT2D eigenvalue weighted by molar-refractivity contribution is 7.17. The van der Waals surface area contributed by atoms with Crippen molar-refractivity contribution in [2.45, 2.75) is 6.61 Å². The van der Waals surface area contributed by atoms with Gasteiger partial charge in [0.15, 0.2) is 6.61 Å². The summed E-state index contributed by atoms with van der Waals surface area (Å²) in [4.78, 5) is 16.3. The van der Waals surface area contributed by atoms with E-state index in [1.54, 1.807) is 30.3 Å². The molecule has 2 aromatic heterocycles. The highest BCUT2D eigenvalue weighted by Crippen LogP contribution is 2.25. The third-order valence-corrected chi connectivity index (χ3v) is 4.22. The van der Waals surface area contributed by atoms with Crippen LogP contribution in [-0.2, 0) is 11.3 Å². The summed E-state index contributed by atoms with van der Waals surface area (Å²) in [6, 6.07) is 10.4. The molecule has 0 aliphatic rings. The fraction of sp³-hybridized carbons (Fsp3) is 0.0714. The number of carbonyl (C=O) groups is 1. The number of rotatable bonds is 4. The molecule has 2 heterocycles. The molecule has 0 radical (unpaired) electrons. The SMILES string of the molecule is O=C(OCc1nc(-c2ccccc2Cl)no1)c1ccc(Cl)s1. The lowest BCUT2D eigenvalue weighted by Gasteiger charge is -1.98. The first-order valence-corrected chi connectivity index (χ1v) is 7.70. The van der Waals surface area contributed by atoms with Crippen molar-refractivity contribution in [3.05, 3.63) is 56.5 Å². The Morgan fingerprint density at radius 1 is 1.23 bits per heavy atom. The van der Waals surface area contributed by atoms with E-state index in [1.165, 1.54) is 0 Å². The van der Waals surface area contributed by atoms with Gasteiger partial charge in [-0.3, -0.25) is 0 Å². The summed E-state index contributed by atoms with van der Waals surface area (Å²) in [5.41, 5.74) is 0.649. The van der Waals surface area contributed by atoms with Gasteiger partial charge in [-0.25, -0.2) is 4.79 Å². The van der Waals surface area contributed by atoms with Gasteiger partial charge < -0.3 is 9.26 Å². The van der Waals surface area contributed by atoms with E-state index in [0.29, 0.717) is 25.6 Å². The van der Waals surface area contributed by atoms with Crippen molar-refractivity contribution in [3.8, 4) is 11.4 Å². The summed E-state index contributed by atoms with van der Waals surface area (Å²) < 4.78 is 10.7. The lowest BCUT2D eigenvalue weighted by Crippen LogP contribution is -2.03. The van der Waals surface area contributed by atoms with Crippen LogP contribution in [-0.4, -0.2) is 16.1 Å². The van der Waals surface area contributed by atoms with Gasteiger partial charge in [-0.1, -0.05) is 40.5 Å². The quantitative estimate of drug-likeness (QED) is 0.647. The molecule has 0 saturated carbocycles. The zero-order valence-corrected chi connectivity index (χ0v) is 13.3. The van der Waals surface area contributed by atoms with Crippen molar-refractivity contribution in [2.24, 2.45) is 0 Å². The number of aromatic nitrogens is 2. The molecule has 0 N–H and O–H groups in total. The molecule has 3 rings (SSSR count). The Morgan fingerprint density at radius 3 is 2.77 bits per heavy atom. The minimum Gasteiger partial charge on any atom is -0.451 e. The Balaban J connectivity index is 1.67. The topological polar surface area (TPSA) is 65.2 Å². The minimum atomic E-state index is -0.491. The summed E-state index contributed by atoms with van der Waals surface area (Å²) in [6.07, 6.45) is 0. The second kappa shape index (κ2) is 6.48. The van der Waals surface area contributed by atoms with Crippen LogP contribution in [0.3, 0.4) is 0 Å². The van der Waals surface area contributed by atoms with E-state index in [-0.39, 0.29) is 12.5 Å². The summed E-state index contributed by atoms with van der Waals surface area (Å²) >= 11 is 13.0. The third-order valence-electron chi connectivity index (χ3n) is 2.68. The Kier molecular flexibility index (Phi) is 4.42. The second-order valence-corrected chi connectivity index (χ2v) is 6.29. The van der Waals surface area contributed by atoms with Gasteiger partial charge in [0.25, 0.3) is 5.89 Å². The highest BCUT2D eigenvalue weighted by Gasteiger charge is 2.15. The number of hydrogen-bond donors (Lipinski definition) is 0. The van der Waals surface area contributed by atoms with E-state index in [9.17, 15) is 4.79 Å². The van der Waals surface area contributed by atoms with E-state index >= 15 is 0 Å². The Bertz CT molecular complexity index is 816. The number of nitrogens with zero attached hydrogens (tertiary/aromatic N) is 2. The number of hydrogen-bond acceptors (Lipinski definition) is 6. The predicted molar refractivity (Wildman–Crippen MR) is 83.2 cm³/mol. The number of carbonyl (C=O) groups excluding carboxylic acids is 1. The van der Waals surface area contributed by atoms with E-state index in [2.05, 4.69) is 10.1 Å². The molecule has 0 aliphatic heterocycles. The smallest absolute Gasteiger partial charge is 0.348 e. The van der Waals surface area contributed by atoms with Crippen molar-refractivity contribution >= 4 is 40.5 Å². The second-order valence-electron chi connectivity index (χ2n) is 4.17. The molecule has 0 amide bonds. The molecular formula is C14H8Cl2N2O3S. The van der Waals surface area contributed by atoms with Crippen LogP contribution in [0.2, 0.25) is 9.36 Å². The fourth-order valence-corrected chi connectivity index (χ4v) is 2.84. The van der Waals surface area contributed by atoms with Crippen LogP contribution >= 0.6 is 34.5 Å². The number of esters is 1. The molecule has 0 bridgehead atoms. The van der Waals surface area contributed by atoms with Gasteiger partial charge in [0, 0.05) is 5.56 Å². The van der Waals surface area contributed by atoms with Gasteiger partial charge in [-0.2, -0.15) is 4.98 Å². The first-order valence-electron chi connectivity index (χ1n) is 6.13. The van der Waals surface area contributed by atoms with Crippen molar-refractivity contribution in [3.63, 3.8) is 0 Å². The summed E-state index contributed by atoms with van der Waals surface area (Å²) in [5, 5.41) is 4.34. The van der Waals surface area contributed by atoms with Crippen LogP contribution in [0.25, 0.3) is 11.4 Å². The van der Waals surface area contributed by atoms with Crippen molar-refractivity contribution in [1.82, 2.24) is 10.1 Å². The van der Waals surface area contributed by atoms with Gasteiger partial charge in [-0.05, 0) is 24.3 Å². The number of benzene rings is 1. The number of thiophene rings is 1. The van der Waals surface area contributed by atoms with Crippen molar-refractivity contribution in [2.75, 3.05) is 0 Å². The van der Waals surface area contributed by atoms with Gasteiger partial charge >= 0.3 is 5.97 Å². The van der Waals surface area contributed by atoms with Gasteiger partial charge in [0.1, 0.15) is 4.88 Å². The highest BCUT2D eigenvalue weighted by atomic mass is 35.5. The van der Waals surface area contributed by atoms with Gasteiger partial charge in [0.05, 0.1) is 9.36 Å². The Hall–Kier alpha value is -1.89. The van der Waals surface area contributed by atoms with E-state index < -0.39 is 5.97 Å². The Morgan fingerprint density at radius 2 is 2.05 bits per heavy atom. The lowest BCUT2D eigenvalue weighted by molar-refractivity contribution is 0.0435. The molecule has 0 saturated heterocycles. The van der Waals surface area contributed by atoms with Crippen LogP contribution < -0.4 is 0 Å². The minimum absolute atomic E-state index is 0.119. The Labute approximate surface area is 139 Å². The van der Waals surface area contributed by atoms with E-state index in [4.69, 9.17) is 32.5 Å². The standard InChI is InChI=1S/C14H8Cl2N2O3S/c15-9-4-2-1-3-8(9)13-17-12(21-18-13)7-20-14(19)10-5-6-11(16)22-10/h1-6H,7H2. The van der Waals surface area contributed by atoms with Crippen LogP contribution in [0.5, 0.6) is 0 Å². The van der Waals surface area contributed by atoms with Crippen LogP contribution in [0, 0.1) is 0 Å². The zero-order valence-electron chi connectivity index (χ0n) is 11.0. The maximum atomic E-state index is 11.8. The molecule has 1 aromatic carbocycles. The third kappa shape index (κ3) is 3.30. The normalized spacial score (nSPS) is 10.6. The summed E-state index contributed by atoms with van der Waals surface area (Å²) in [6.45, 7) is -0.119. The summed E-state index contributed by atoms with van der Waals surface area (Å²) in [5.74, 6) is 0.0381. The maximum Gasteiger partial charge on any atom is 0.348 e. The van der Waals surface area contributed by atoms with Crippen LogP contribution in [0.15, 0.2) is 40.9 Å². The van der Waals surface area contributed by atoms with Gasteiger partial charge in [-0.15, -0.1) is 11.3 Å². The maximum absolute atomic E-state index is 11.8. The predicted octanol–water partition coefficient (Wildman–Crippen LogP) is 4.46. The summed E-state index contributed by atoms with van der Waals surface area (Å²) in [7, 11) is 0. The van der Waals surface area contributed by atoms with Crippen LogP contribution in [0.1, 0.15) is 15.6 Å². The van der Waals surface area contributed by atoms with E-state index in [0.717, 1.165) is 11.3 Å². The molecule has 112 valence electrons. The molecule has 0 aliphatic carbocycles. The van der Waals surface area contributed by atoms with Crippen molar-refractivity contribution in [1.29, 1.82) is 0 Å². The molecule has 0 fully saturated rings. The van der Waals surface area contributed by atoms with E-state index in [1.807, 2.05) is 6.07 Å². The molecule has 0 unspecified atom stereocenters. The van der Waals surface area contributed by atoms with Crippen molar-refractivity contribution < 1.29 is 14.1 Å². The monoisotopic (exact) mass is 354 g/mol. The average Bonchev–Trinajstić information content (AvgIpc) is 3.14. The molecule has 22 heavy (non-hydrogen) atoms. The van der Waals surface area contributed by atoms with Crippen LogP contribution in [0.4, 0.5) is 0 Å². The molecule has 5 nitrogen and oxygen atoms in total. The zero-order chi connectivity index (χ0) is 15.5.